The van der Waals surface area contributed by atoms with Crippen LogP contribution >= 0.6 is 0 Å². The summed E-state index contributed by atoms with van der Waals surface area (Å²) >= 11 is 0. The average Bonchev–Trinajstić information content (AvgIpc) is 2.98. The van der Waals surface area contributed by atoms with Gasteiger partial charge in [0, 0.05) is 23.5 Å². The molecule has 6 nitrogen and oxygen atoms in total. The Kier molecular flexibility index (Phi) is 2.96. The fraction of sp³-hybridized carbons (Fsp3) is 0. The summed E-state index contributed by atoms with van der Waals surface area (Å²) in [7, 11) is 0. The number of carboxylic acid groups (broad SMARTS) is 1. The van der Waals surface area contributed by atoms with E-state index in [1.807, 2.05) is 0 Å². The number of aromatic nitrogens is 3. The lowest BCUT2D eigenvalue weighted by molar-refractivity contribution is 0.0697. The van der Waals surface area contributed by atoms with E-state index in [9.17, 15) is 4.79 Å². The normalized spacial score (nSPS) is 10.4. The van der Waals surface area contributed by atoms with Gasteiger partial charge in [-0.3, -0.25) is 4.98 Å². The van der Waals surface area contributed by atoms with Crippen molar-refractivity contribution in [3.63, 3.8) is 0 Å². The highest BCUT2D eigenvalue weighted by Gasteiger charge is 2.11. The van der Waals surface area contributed by atoms with Crippen molar-refractivity contribution in [1.29, 1.82) is 0 Å². The molecule has 0 radical (unpaired) electrons. The monoisotopic (exact) mass is 267 g/mol. The first-order valence-electron chi connectivity index (χ1n) is 5.82. The number of aromatic carboxylic acids is 1. The third-order valence-electron chi connectivity index (χ3n) is 2.74. The van der Waals surface area contributed by atoms with E-state index in [4.69, 9.17) is 9.63 Å². The Morgan fingerprint density at radius 2 is 1.70 bits per heavy atom. The van der Waals surface area contributed by atoms with Crippen LogP contribution in [0.2, 0.25) is 0 Å². The molecule has 0 amide bonds. The van der Waals surface area contributed by atoms with Crippen LogP contribution in [0.15, 0.2) is 53.3 Å². The van der Waals surface area contributed by atoms with E-state index in [0.717, 1.165) is 5.56 Å². The average molecular weight is 267 g/mol. The van der Waals surface area contributed by atoms with Crippen molar-refractivity contribution < 1.29 is 14.4 Å². The zero-order chi connectivity index (χ0) is 13.9. The molecule has 0 aliphatic heterocycles. The highest BCUT2D eigenvalue weighted by Crippen LogP contribution is 2.22. The quantitative estimate of drug-likeness (QED) is 0.784. The molecule has 3 rings (SSSR count). The zero-order valence-electron chi connectivity index (χ0n) is 10.2. The van der Waals surface area contributed by atoms with E-state index >= 15 is 0 Å². The van der Waals surface area contributed by atoms with Gasteiger partial charge >= 0.3 is 5.97 Å². The Labute approximate surface area is 113 Å². The van der Waals surface area contributed by atoms with Crippen molar-refractivity contribution in [2.45, 2.75) is 0 Å². The summed E-state index contributed by atoms with van der Waals surface area (Å²) in [6.07, 6.45) is 3.29. The van der Waals surface area contributed by atoms with E-state index in [1.54, 1.807) is 36.7 Å². The van der Waals surface area contributed by atoms with Gasteiger partial charge in [-0.2, -0.15) is 4.98 Å². The smallest absolute Gasteiger partial charge is 0.335 e. The largest absolute Gasteiger partial charge is 0.478 e. The molecule has 0 bridgehead atoms. The maximum Gasteiger partial charge on any atom is 0.335 e. The first-order valence-corrected chi connectivity index (χ1v) is 5.82. The summed E-state index contributed by atoms with van der Waals surface area (Å²) in [5.74, 6) is -0.169. The van der Waals surface area contributed by atoms with Crippen molar-refractivity contribution in [1.82, 2.24) is 15.1 Å². The number of benzene rings is 1. The minimum Gasteiger partial charge on any atom is -0.478 e. The zero-order valence-corrected chi connectivity index (χ0v) is 10.2. The van der Waals surface area contributed by atoms with Crippen LogP contribution in [0, 0.1) is 0 Å². The fourth-order valence-corrected chi connectivity index (χ4v) is 1.71. The highest BCUT2D eigenvalue weighted by atomic mass is 16.5. The Morgan fingerprint density at radius 3 is 2.35 bits per heavy atom. The van der Waals surface area contributed by atoms with Crippen LogP contribution in [0.5, 0.6) is 0 Å². The molecular formula is C14H9N3O3. The number of rotatable bonds is 3. The summed E-state index contributed by atoms with van der Waals surface area (Å²) in [4.78, 5) is 19.0. The van der Waals surface area contributed by atoms with Crippen LogP contribution in [0.3, 0.4) is 0 Å². The number of hydrogen-bond acceptors (Lipinski definition) is 5. The van der Waals surface area contributed by atoms with E-state index in [2.05, 4.69) is 15.1 Å². The predicted molar refractivity (Wildman–Crippen MR) is 69.9 cm³/mol. The van der Waals surface area contributed by atoms with Gasteiger partial charge in [0.15, 0.2) is 0 Å². The van der Waals surface area contributed by atoms with Crippen LogP contribution in [-0.2, 0) is 0 Å². The minimum atomic E-state index is -0.973. The Balaban J connectivity index is 1.92. The third-order valence-corrected chi connectivity index (χ3v) is 2.74. The van der Waals surface area contributed by atoms with Gasteiger partial charge in [0.2, 0.25) is 5.82 Å². The third kappa shape index (κ3) is 2.26. The summed E-state index contributed by atoms with van der Waals surface area (Å²) in [6, 6.07) is 9.81. The molecule has 0 unspecified atom stereocenters. The van der Waals surface area contributed by atoms with E-state index in [1.165, 1.54) is 12.1 Å². The topological polar surface area (TPSA) is 89.1 Å². The van der Waals surface area contributed by atoms with Crippen molar-refractivity contribution in [2.75, 3.05) is 0 Å². The molecule has 6 heteroatoms. The van der Waals surface area contributed by atoms with Gasteiger partial charge in [-0.05, 0) is 36.4 Å². The lowest BCUT2D eigenvalue weighted by atomic mass is 10.1. The Morgan fingerprint density at radius 1 is 1.00 bits per heavy atom. The molecule has 1 aromatic carbocycles. The summed E-state index contributed by atoms with van der Waals surface area (Å²) in [5.41, 5.74) is 1.68. The minimum absolute atomic E-state index is 0.211. The van der Waals surface area contributed by atoms with E-state index in [0.29, 0.717) is 17.3 Å². The summed E-state index contributed by atoms with van der Waals surface area (Å²) < 4.78 is 5.18. The molecule has 0 aliphatic carbocycles. The maximum atomic E-state index is 10.8. The van der Waals surface area contributed by atoms with Gasteiger partial charge in [-0.15, -0.1) is 0 Å². The SMILES string of the molecule is O=C(O)c1ccc(-c2nc(-c3ccncc3)no2)cc1. The standard InChI is InChI=1S/C14H9N3O3/c18-14(19)11-3-1-10(2-4-11)13-16-12(17-20-13)9-5-7-15-8-6-9/h1-8H,(H,18,19). The number of carboxylic acids is 1. The number of hydrogen-bond donors (Lipinski definition) is 1. The molecule has 0 aliphatic rings. The van der Waals surface area contributed by atoms with Gasteiger partial charge in [0.05, 0.1) is 5.56 Å². The van der Waals surface area contributed by atoms with Gasteiger partial charge in [0.1, 0.15) is 0 Å². The molecule has 98 valence electrons. The first kappa shape index (κ1) is 12.0. The fourth-order valence-electron chi connectivity index (χ4n) is 1.71. The van der Waals surface area contributed by atoms with Gasteiger partial charge in [-0.1, -0.05) is 5.16 Å². The molecule has 0 saturated carbocycles. The van der Waals surface area contributed by atoms with Crippen molar-refractivity contribution in [3.8, 4) is 22.8 Å². The molecule has 0 fully saturated rings. The number of carbonyl (C=O) groups is 1. The van der Waals surface area contributed by atoms with Gasteiger partial charge in [-0.25, -0.2) is 4.79 Å². The lowest BCUT2D eigenvalue weighted by Gasteiger charge is -1.95. The Hall–Kier alpha value is -3.02. The van der Waals surface area contributed by atoms with Crippen LogP contribution in [-0.4, -0.2) is 26.2 Å². The molecule has 0 atom stereocenters. The van der Waals surface area contributed by atoms with Gasteiger partial charge < -0.3 is 9.63 Å². The molecule has 0 spiro atoms. The molecule has 2 aromatic heterocycles. The van der Waals surface area contributed by atoms with Crippen molar-refractivity contribution >= 4 is 5.97 Å². The molecular weight excluding hydrogens is 258 g/mol. The molecule has 1 N–H and O–H groups in total. The van der Waals surface area contributed by atoms with E-state index < -0.39 is 5.97 Å². The lowest BCUT2D eigenvalue weighted by Crippen LogP contribution is -1.94. The predicted octanol–water partition coefficient (Wildman–Crippen LogP) is 2.50. The first-order chi connectivity index (χ1) is 9.74. The second-order valence-electron chi connectivity index (χ2n) is 4.04. The molecule has 2 heterocycles. The summed E-state index contributed by atoms with van der Waals surface area (Å²) in [5, 5.41) is 12.7. The van der Waals surface area contributed by atoms with Crippen LogP contribution in [0.1, 0.15) is 10.4 Å². The Bertz CT molecular complexity index is 736. The van der Waals surface area contributed by atoms with Crippen LogP contribution in [0.25, 0.3) is 22.8 Å². The number of pyridine rings is 1. The van der Waals surface area contributed by atoms with Gasteiger partial charge in [0.25, 0.3) is 5.89 Å². The molecule has 0 saturated heterocycles. The maximum absolute atomic E-state index is 10.8. The second-order valence-corrected chi connectivity index (χ2v) is 4.04. The van der Waals surface area contributed by atoms with Crippen molar-refractivity contribution in [3.05, 3.63) is 54.4 Å². The second kappa shape index (κ2) is 4.93. The number of nitrogens with zero attached hydrogens (tertiary/aromatic N) is 3. The van der Waals surface area contributed by atoms with Crippen LogP contribution in [0.4, 0.5) is 0 Å². The van der Waals surface area contributed by atoms with Crippen LogP contribution < -0.4 is 0 Å². The van der Waals surface area contributed by atoms with Crippen molar-refractivity contribution in [2.24, 2.45) is 0 Å². The summed E-state index contributed by atoms with van der Waals surface area (Å²) in [6.45, 7) is 0. The molecule has 20 heavy (non-hydrogen) atoms. The highest BCUT2D eigenvalue weighted by molar-refractivity contribution is 5.88. The molecule has 3 aromatic rings. The van der Waals surface area contributed by atoms with E-state index in [-0.39, 0.29) is 5.56 Å².